The zero-order valence-electron chi connectivity index (χ0n) is 11.2. The van der Waals surface area contributed by atoms with Crippen LogP contribution in [0.4, 0.5) is 26.3 Å². The first-order valence-electron chi connectivity index (χ1n) is 6.12. The largest absolute Gasteiger partial charge is 0.416 e. The predicted octanol–water partition coefficient (Wildman–Crippen LogP) is 4.57. The number of hydrogen-bond donors (Lipinski definition) is 1. The average molecular weight is 331 g/mol. The molecule has 8 heteroatoms. The smallest absolute Gasteiger partial charge is 0.313 e. The second-order valence-electron chi connectivity index (χ2n) is 4.44. The first-order chi connectivity index (χ1) is 9.64. The number of benzene rings is 1. The summed E-state index contributed by atoms with van der Waals surface area (Å²) in [5.41, 5.74) is -2.59. The van der Waals surface area contributed by atoms with Crippen LogP contribution in [0, 0.1) is 0 Å². The normalized spacial score (nSPS) is 12.7. The van der Waals surface area contributed by atoms with Crippen molar-refractivity contribution in [2.45, 2.75) is 25.3 Å². The maximum absolute atomic E-state index is 12.6. The molecule has 0 radical (unpaired) electrons. The average Bonchev–Trinajstić information content (AvgIpc) is 2.36. The Morgan fingerprint density at radius 3 is 1.90 bits per heavy atom. The van der Waals surface area contributed by atoms with Gasteiger partial charge in [0.2, 0.25) is 0 Å². The second-order valence-corrected chi connectivity index (χ2v) is 5.42. The molecule has 120 valence electrons. The van der Waals surface area contributed by atoms with Gasteiger partial charge in [0.1, 0.15) is 0 Å². The van der Waals surface area contributed by atoms with E-state index in [1.165, 1.54) is 0 Å². The molecule has 0 aliphatic heterocycles. The molecule has 0 spiro atoms. The van der Waals surface area contributed by atoms with Gasteiger partial charge in [-0.2, -0.15) is 38.1 Å². The van der Waals surface area contributed by atoms with Crippen molar-refractivity contribution in [1.82, 2.24) is 5.32 Å². The number of nitrogens with one attached hydrogen (secondary N) is 1. The quantitative estimate of drug-likeness (QED) is 0.605. The Kier molecular flexibility index (Phi) is 6.40. The van der Waals surface area contributed by atoms with E-state index in [1.54, 1.807) is 11.8 Å². The van der Waals surface area contributed by atoms with Crippen molar-refractivity contribution < 1.29 is 26.3 Å². The van der Waals surface area contributed by atoms with E-state index in [-0.39, 0.29) is 18.2 Å². The molecule has 0 heterocycles. The fourth-order valence-electron chi connectivity index (χ4n) is 1.70. The summed E-state index contributed by atoms with van der Waals surface area (Å²) < 4.78 is 75.8. The third-order valence-corrected chi connectivity index (χ3v) is 3.38. The van der Waals surface area contributed by atoms with E-state index in [0.29, 0.717) is 6.54 Å². The third kappa shape index (κ3) is 6.17. The molecule has 0 aliphatic rings. The molecule has 0 aromatic heterocycles. The molecule has 0 atom stereocenters. The molecule has 0 fully saturated rings. The van der Waals surface area contributed by atoms with Crippen molar-refractivity contribution in [3.05, 3.63) is 34.9 Å². The molecule has 1 N–H and O–H groups in total. The summed E-state index contributed by atoms with van der Waals surface area (Å²) in [7, 11) is 0. The lowest BCUT2D eigenvalue weighted by atomic mass is 10.0. The van der Waals surface area contributed by atoms with Crippen LogP contribution in [0.3, 0.4) is 0 Å². The van der Waals surface area contributed by atoms with Crippen molar-refractivity contribution >= 4 is 11.8 Å². The summed E-state index contributed by atoms with van der Waals surface area (Å²) in [5, 5.41) is 2.85. The molecule has 0 bridgehead atoms. The molecule has 0 unspecified atom stereocenters. The fraction of sp³-hybridized carbons (Fsp3) is 0.538. The minimum absolute atomic E-state index is 0.0264. The lowest BCUT2D eigenvalue weighted by Gasteiger charge is -2.14. The van der Waals surface area contributed by atoms with Gasteiger partial charge in [0.25, 0.3) is 0 Å². The SMILES string of the molecule is CSCCCNCc1cc(C(F)(F)F)cc(C(F)(F)F)c1. The summed E-state index contributed by atoms with van der Waals surface area (Å²) in [6, 6.07) is 1.63. The minimum Gasteiger partial charge on any atom is -0.313 e. The highest BCUT2D eigenvalue weighted by Gasteiger charge is 2.36. The predicted molar refractivity (Wildman–Crippen MR) is 71.2 cm³/mol. The van der Waals surface area contributed by atoms with Crippen molar-refractivity contribution in [1.29, 1.82) is 0 Å². The minimum atomic E-state index is -4.80. The molecule has 21 heavy (non-hydrogen) atoms. The van der Waals surface area contributed by atoms with Crippen LogP contribution in [0.25, 0.3) is 0 Å². The van der Waals surface area contributed by atoms with Crippen LogP contribution >= 0.6 is 11.8 Å². The van der Waals surface area contributed by atoms with Gasteiger partial charge in [0.05, 0.1) is 11.1 Å². The Morgan fingerprint density at radius 1 is 0.952 bits per heavy atom. The Labute approximate surface area is 123 Å². The molecule has 1 nitrogen and oxygen atoms in total. The van der Waals surface area contributed by atoms with E-state index in [4.69, 9.17) is 0 Å². The van der Waals surface area contributed by atoms with Crippen LogP contribution < -0.4 is 5.32 Å². The Hall–Kier alpha value is -0.890. The molecule has 1 rings (SSSR count). The molecule has 1 aromatic rings. The van der Waals surface area contributed by atoms with Crippen LogP contribution in [0.15, 0.2) is 18.2 Å². The number of hydrogen-bond acceptors (Lipinski definition) is 2. The summed E-state index contributed by atoms with van der Waals surface area (Å²) >= 11 is 1.62. The highest BCUT2D eigenvalue weighted by Crippen LogP contribution is 2.36. The number of halogens is 6. The van der Waals surface area contributed by atoms with Gasteiger partial charge in [-0.3, -0.25) is 0 Å². The van der Waals surface area contributed by atoms with Gasteiger partial charge in [-0.25, -0.2) is 0 Å². The van der Waals surface area contributed by atoms with Gasteiger partial charge < -0.3 is 5.32 Å². The van der Waals surface area contributed by atoms with Crippen LogP contribution in [0.5, 0.6) is 0 Å². The van der Waals surface area contributed by atoms with Crippen LogP contribution in [0.2, 0.25) is 0 Å². The van der Waals surface area contributed by atoms with Gasteiger partial charge in [-0.15, -0.1) is 0 Å². The summed E-state index contributed by atoms with van der Waals surface area (Å²) in [4.78, 5) is 0. The highest BCUT2D eigenvalue weighted by atomic mass is 32.2. The molecule has 0 saturated heterocycles. The molecule has 0 aliphatic carbocycles. The Morgan fingerprint density at radius 2 is 1.48 bits per heavy atom. The first kappa shape index (κ1) is 18.2. The van der Waals surface area contributed by atoms with E-state index < -0.39 is 23.5 Å². The second kappa shape index (κ2) is 7.40. The van der Waals surface area contributed by atoms with Crippen molar-refractivity contribution in [2.24, 2.45) is 0 Å². The third-order valence-electron chi connectivity index (χ3n) is 2.68. The summed E-state index contributed by atoms with van der Waals surface area (Å²) in [6.07, 6.45) is -6.88. The topological polar surface area (TPSA) is 12.0 Å². The lowest BCUT2D eigenvalue weighted by Crippen LogP contribution is -2.17. The van der Waals surface area contributed by atoms with Gasteiger partial charge in [0, 0.05) is 6.54 Å². The van der Waals surface area contributed by atoms with Gasteiger partial charge in [0.15, 0.2) is 0 Å². The van der Waals surface area contributed by atoms with Crippen molar-refractivity contribution in [2.75, 3.05) is 18.6 Å². The Balaban J connectivity index is 2.88. The van der Waals surface area contributed by atoms with Crippen LogP contribution in [-0.2, 0) is 18.9 Å². The molecular formula is C13H15F6NS. The van der Waals surface area contributed by atoms with Crippen molar-refractivity contribution in [3.63, 3.8) is 0 Å². The van der Waals surface area contributed by atoms with Gasteiger partial charge in [-0.1, -0.05) is 0 Å². The zero-order chi connectivity index (χ0) is 16.1. The first-order valence-corrected chi connectivity index (χ1v) is 7.52. The summed E-state index contributed by atoms with van der Waals surface area (Å²) in [6.45, 7) is 0.514. The number of rotatable bonds is 6. The van der Waals surface area contributed by atoms with Gasteiger partial charge in [-0.05, 0) is 48.7 Å². The Bertz CT molecular complexity index is 423. The standard InChI is InChI=1S/C13H15F6NS/c1-21-4-2-3-20-8-9-5-10(12(14,15)16)7-11(6-9)13(17,18)19/h5-7,20H,2-4,8H2,1H3. The fourth-order valence-corrected chi connectivity index (χ4v) is 2.13. The van der Waals surface area contributed by atoms with E-state index in [1.807, 2.05) is 6.26 Å². The number of alkyl halides is 6. The highest BCUT2D eigenvalue weighted by molar-refractivity contribution is 7.98. The maximum atomic E-state index is 12.6. The van der Waals surface area contributed by atoms with E-state index in [2.05, 4.69) is 5.32 Å². The molecule has 0 amide bonds. The maximum Gasteiger partial charge on any atom is 0.416 e. The number of thioether (sulfide) groups is 1. The van der Waals surface area contributed by atoms with Crippen molar-refractivity contribution in [3.8, 4) is 0 Å². The monoisotopic (exact) mass is 331 g/mol. The summed E-state index contributed by atoms with van der Waals surface area (Å²) in [5.74, 6) is 0.878. The van der Waals surface area contributed by atoms with Crippen LogP contribution in [-0.4, -0.2) is 18.6 Å². The molecular weight excluding hydrogens is 316 g/mol. The van der Waals surface area contributed by atoms with E-state index in [9.17, 15) is 26.3 Å². The molecule has 0 saturated carbocycles. The van der Waals surface area contributed by atoms with Crippen LogP contribution in [0.1, 0.15) is 23.1 Å². The van der Waals surface area contributed by atoms with Gasteiger partial charge >= 0.3 is 12.4 Å². The lowest BCUT2D eigenvalue weighted by molar-refractivity contribution is -0.143. The van der Waals surface area contributed by atoms with E-state index in [0.717, 1.165) is 24.3 Å². The molecule has 1 aromatic carbocycles. The van der Waals surface area contributed by atoms with E-state index >= 15 is 0 Å². The zero-order valence-corrected chi connectivity index (χ0v) is 12.1.